The van der Waals surface area contributed by atoms with Crippen molar-refractivity contribution in [1.29, 1.82) is 0 Å². The van der Waals surface area contributed by atoms with Gasteiger partial charge >= 0.3 is 0 Å². The molecule has 146 valence electrons. The third-order valence-corrected chi connectivity index (χ3v) is 5.62. The van der Waals surface area contributed by atoms with E-state index in [2.05, 4.69) is 61.0 Å². The maximum absolute atomic E-state index is 12.7. The number of aryl methyl sites for hydroxylation is 2. The SMILES string of the molecule is Cc1cccc(Cn2c(C)c(C)c3cc(C(=O)NCc4ccccc4)ccc32)c1. The molecule has 0 radical (unpaired) electrons. The standard InChI is InChI=1S/C26H26N2O/c1-18-8-7-11-22(14-18)17-28-20(3)19(2)24-15-23(12-13-25(24)28)26(29)27-16-21-9-5-4-6-10-21/h4-15H,16-17H2,1-3H3,(H,27,29). The van der Waals surface area contributed by atoms with Gasteiger partial charge in [0.05, 0.1) is 0 Å². The summed E-state index contributed by atoms with van der Waals surface area (Å²) in [5, 5.41) is 4.16. The highest BCUT2D eigenvalue weighted by Crippen LogP contribution is 2.27. The van der Waals surface area contributed by atoms with E-state index in [9.17, 15) is 4.79 Å². The predicted molar refractivity (Wildman–Crippen MR) is 119 cm³/mol. The Morgan fingerprint density at radius 3 is 2.38 bits per heavy atom. The molecule has 0 aliphatic heterocycles. The number of amides is 1. The summed E-state index contributed by atoms with van der Waals surface area (Å²) in [4.78, 5) is 12.7. The van der Waals surface area contributed by atoms with Gasteiger partial charge < -0.3 is 9.88 Å². The molecule has 0 saturated carbocycles. The van der Waals surface area contributed by atoms with Crippen molar-refractivity contribution >= 4 is 16.8 Å². The van der Waals surface area contributed by atoms with Crippen molar-refractivity contribution in [2.75, 3.05) is 0 Å². The number of fused-ring (bicyclic) bond motifs is 1. The molecule has 3 nitrogen and oxygen atoms in total. The summed E-state index contributed by atoms with van der Waals surface area (Å²) in [7, 11) is 0. The first-order chi connectivity index (χ1) is 14.0. The first-order valence-corrected chi connectivity index (χ1v) is 10.00. The van der Waals surface area contributed by atoms with Crippen molar-refractivity contribution in [3.8, 4) is 0 Å². The number of nitrogens with one attached hydrogen (secondary N) is 1. The molecule has 0 aliphatic rings. The van der Waals surface area contributed by atoms with E-state index in [1.165, 1.54) is 27.9 Å². The fraction of sp³-hybridized carbons (Fsp3) is 0.192. The van der Waals surface area contributed by atoms with Crippen LogP contribution in [0.25, 0.3) is 10.9 Å². The van der Waals surface area contributed by atoms with E-state index in [-0.39, 0.29) is 5.91 Å². The molecule has 1 amide bonds. The van der Waals surface area contributed by atoms with Gasteiger partial charge in [0.15, 0.2) is 0 Å². The van der Waals surface area contributed by atoms with Gasteiger partial charge in [-0.3, -0.25) is 4.79 Å². The van der Waals surface area contributed by atoms with E-state index in [0.717, 1.165) is 17.5 Å². The first kappa shape index (κ1) is 19.0. The van der Waals surface area contributed by atoms with Crippen LogP contribution in [0.4, 0.5) is 0 Å². The van der Waals surface area contributed by atoms with Crippen LogP contribution in [0.2, 0.25) is 0 Å². The molecule has 1 heterocycles. The van der Waals surface area contributed by atoms with Gasteiger partial charge in [-0.05, 0) is 55.7 Å². The van der Waals surface area contributed by atoms with Crippen LogP contribution >= 0.6 is 0 Å². The Hall–Kier alpha value is -3.33. The van der Waals surface area contributed by atoms with Gasteiger partial charge in [0, 0.05) is 35.2 Å². The molecule has 0 unspecified atom stereocenters. The highest BCUT2D eigenvalue weighted by Gasteiger charge is 2.14. The second-order valence-electron chi connectivity index (χ2n) is 7.69. The molecule has 4 rings (SSSR count). The molecule has 0 bridgehead atoms. The van der Waals surface area contributed by atoms with E-state index in [1.807, 2.05) is 42.5 Å². The molecular formula is C26H26N2O. The number of hydrogen-bond donors (Lipinski definition) is 1. The molecule has 0 spiro atoms. The number of carbonyl (C=O) groups is 1. The number of carbonyl (C=O) groups excluding carboxylic acids is 1. The van der Waals surface area contributed by atoms with Crippen LogP contribution < -0.4 is 5.32 Å². The summed E-state index contributed by atoms with van der Waals surface area (Å²) in [5.41, 5.74) is 7.98. The molecular weight excluding hydrogens is 356 g/mol. The Morgan fingerprint density at radius 1 is 0.862 bits per heavy atom. The monoisotopic (exact) mass is 382 g/mol. The van der Waals surface area contributed by atoms with Crippen molar-refractivity contribution in [1.82, 2.24) is 9.88 Å². The molecule has 0 fully saturated rings. The van der Waals surface area contributed by atoms with E-state index in [0.29, 0.717) is 12.1 Å². The smallest absolute Gasteiger partial charge is 0.251 e. The summed E-state index contributed by atoms with van der Waals surface area (Å²) in [6, 6.07) is 24.6. The van der Waals surface area contributed by atoms with Crippen molar-refractivity contribution in [3.05, 3.63) is 106 Å². The molecule has 0 atom stereocenters. The Morgan fingerprint density at radius 2 is 1.62 bits per heavy atom. The Kier molecular flexibility index (Phi) is 5.22. The molecule has 3 heteroatoms. The van der Waals surface area contributed by atoms with Gasteiger partial charge in [0.25, 0.3) is 5.91 Å². The molecule has 0 aliphatic carbocycles. The van der Waals surface area contributed by atoms with Gasteiger partial charge in [-0.1, -0.05) is 60.2 Å². The van der Waals surface area contributed by atoms with Crippen molar-refractivity contribution in [2.45, 2.75) is 33.9 Å². The molecule has 1 N–H and O–H groups in total. The predicted octanol–water partition coefficient (Wildman–Crippen LogP) is 5.54. The maximum atomic E-state index is 12.7. The lowest BCUT2D eigenvalue weighted by Gasteiger charge is -2.10. The van der Waals surface area contributed by atoms with Crippen LogP contribution in [-0.2, 0) is 13.1 Å². The lowest BCUT2D eigenvalue weighted by atomic mass is 10.1. The lowest BCUT2D eigenvalue weighted by molar-refractivity contribution is 0.0951. The number of aromatic nitrogens is 1. The van der Waals surface area contributed by atoms with Gasteiger partial charge in [-0.15, -0.1) is 0 Å². The van der Waals surface area contributed by atoms with E-state index >= 15 is 0 Å². The summed E-state index contributed by atoms with van der Waals surface area (Å²) >= 11 is 0. The van der Waals surface area contributed by atoms with E-state index < -0.39 is 0 Å². The third-order valence-electron chi connectivity index (χ3n) is 5.62. The molecule has 29 heavy (non-hydrogen) atoms. The molecule has 4 aromatic rings. The second kappa shape index (κ2) is 7.96. The van der Waals surface area contributed by atoms with Crippen LogP contribution in [-0.4, -0.2) is 10.5 Å². The quantitative estimate of drug-likeness (QED) is 0.483. The fourth-order valence-electron chi connectivity index (χ4n) is 3.87. The van der Waals surface area contributed by atoms with Gasteiger partial charge in [0.1, 0.15) is 0 Å². The number of hydrogen-bond acceptors (Lipinski definition) is 1. The zero-order chi connectivity index (χ0) is 20.4. The number of benzene rings is 3. The summed E-state index contributed by atoms with van der Waals surface area (Å²) in [5.74, 6) is -0.0424. The average Bonchev–Trinajstić information content (AvgIpc) is 2.97. The van der Waals surface area contributed by atoms with Crippen LogP contribution in [0, 0.1) is 20.8 Å². The second-order valence-corrected chi connectivity index (χ2v) is 7.69. The normalized spacial score (nSPS) is 11.0. The minimum atomic E-state index is -0.0424. The summed E-state index contributed by atoms with van der Waals surface area (Å²) < 4.78 is 2.34. The third kappa shape index (κ3) is 3.95. The number of rotatable bonds is 5. The van der Waals surface area contributed by atoms with Crippen LogP contribution in [0.5, 0.6) is 0 Å². The largest absolute Gasteiger partial charge is 0.348 e. The lowest BCUT2D eigenvalue weighted by Crippen LogP contribution is -2.22. The number of nitrogens with zero attached hydrogens (tertiary/aromatic N) is 1. The van der Waals surface area contributed by atoms with Crippen LogP contribution in [0.15, 0.2) is 72.8 Å². The Bertz CT molecular complexity index is 1170. The highest BCUT2D eigenvalue weighted by atomic mass is 16.1. The van der Waals surface area contributed by atoms with Crippen molar-refractivity contribution in [3.63, 3.8) is 0 Å². The Balaban J connectivity index is 1.61. The van der Waals surface area contributed by atoms with E-state index in [4.69, 9.17) is 0 Å². The van der Waals surface area contributed by atoms with Crippen LogP contribution in [0.1, 0.15) is 38.3 Å². The summed E-state index contributed by atoms with van der Waals surface area (Å²) in [6.45, 7) is 7.77. The highest BCUT2D eigenvalue weighted by molar-refractivity contribution is 5.99. The van der Waals surface area contributed by atoms with Crippen molar-refractivity contribution in [2.24, 2.45) is 0 Å². The van der Waals surface area contributed by atoms with Crippen LogP contribution in [0.3, 0.4) is 0 Å². The average molecular weight is 383 g/mol. The minimum Gasteiger partial charge on any atom is -0.348 e. The minimum absolute atomic E-state index is 0.0424. The fourth-order valence-corrected chi connectivity index (χ4v) is 3.87. The molecule has 3 aromatic carbocycles. The first-order valence-electron chi connectivity index (χ1n) is 10.00. The summed E-state index contributed by atoms with van der Waals surface area (Å²) in [6.07, 6.45) is 0. The molecule has 1 aromatic heterocycles. The Labute approximate surface area is 172 Å². The topological polar surface area (TPSA) is 34.0 Å². The zero-order valence-electron chi connectivity index (χ0n) is 17.2. The zero-order valence-corrected chi connectivity index (χ0v) is 17.2. The van der Waals surface area contributed by atoms with Crippen molar-refractivity contribution < 1.29 is 4.79 Å². The van der Waals surface area contributed by atoms with E-state index in [1.54, 1.807) is 0 Å². The van der Waals surface area contributed by atoms with Gasteiger partial charge in [-0.2, -0.15) is 0 Å². The molecule has 0 saturated heterocycles. The maximum Gasteiger partial charge on any atom is 0.251 e. The van der Waals surface area contributed by atoms with Gasteiger partial charge in [0.2, 0.25) is 0 Å². The van der Waals surface area contributed by atoms with Gasteiger partial charge in [-0.25, -0.2) is 0 Å².